The Morgan fingerprint density at radius 1 is 1.37 bits per heavy atom. The number of methoxy groups -OCH3 is 2. The van der Waals surface area contributed by atoms with E-state index in [-0.39, 0.29) is 17.3 Å². The highest BCUT2D eigenvalue weighted by Crippen LogP contribution is 2.40. The lowest BCUT2D eigenvalue weighted by Gasteiger charge is -2.45. The smallest absolute Gasteiger partial charge is 0.334 e. The van der Waals surface area contributed by atoms with Gasteiger partial charge in [0.05, 0.1) is 26.2 Å². The first kappa shape index (κ1) is 18.8. The molecule has 1 heterocycles. The van der Waals surface area contributed by atoms with Crippen LogP contribution in [0.15, 0.2) is 18.2 Å². The Balaban J connectivity index is 2.12. The Bertz CT molecular complexity index is 893. The van der Waals surface area contributed by atoms with Crippen molar-refractivity contribution in [1.82, 2.24) is 10.6 Å². The second-order valence-electron chi connectivity index (χ2n) is 6.34. The first-order valence-corrected chi connectivity index (χ1v) is 8.62. The number of carbonyl (C=O) groups is 3. The number of hydrogen-bond acceptors (Lipinski definition) is 7. The number of aryl methyl sites for hydroxylation is 1. The fraction of sp³-hybridized carbons (Fsp3) is 0.389. The Hall–Kier alpha value is -2.99. The predicted octanol–water partition coefficient (Wildman–Crippen LogP) is 0.496. The number of hydrogen-bond donors (Lipinski definition) is 2. The molecule has 0 aromatic heterocycles. The molecule has 140 valence electrons. The number of nitrogens with zero attached hydrogens (tertiary/aromatic N) is 1. The van der Waals surface area contributed by atoms with Crippen LogP contribution in [0.3, 0.4) is 0 Å². The molecule has 2 N–H and O–H groups in total. The standard InChI is InChI=1S/C18H17N3O5S/c1-25-10-4-5-11-9(7-10)3-6-12(14(11)22)18(16(24)26-2)13(8-19)15(23)20-17(27)21-18/h4-5,7,12-13H,3,6H2,1-2H3,(H2,20,21,23,27). The fourth-order valence-corrected chi connectivity index (χ4v) is 4.08. The minimum absolute atomic E-state index is 0.120. The molecule has 3 unspecified atom stereocenters. The van der Waals surface area contributed by atoms with Crippen molar-refractivity contribution >= 4 is 35.0 Å². The number of nitriles is 1. The highest BCUT2D eigenvalue weighted by molar-refractivity contribution is 7.80. The van der Waals surface area contributed by atoms with E-state index in [1.165, 1.54) is 7.11 Å². The van der Waals surface area contributed by atoms with Crippen molar-refractivity contribution in [3.05, 3.63) is 29.3 Å². The van der Waals surface area contributed by atoms with E-state index in [2.05, 4.69) is 10.6 Å². The Morgan fingerprint density at radius 3 is 2.74 bits per heavy atom. The molecule has 3 rings (SSSR count). The van der Waals surface area contributed by atoms with Crippen LogP contribution in [0, 0.1) is 23.2 Å². The molecule has 1 aromatic carbocycles. The molecule has 1 aromatic rings. The quantitative estimate of drug-likeness (QED) is 0.569. The molecular formula is C18H17N3O5S. The average molecular weight is 387 g/mol. The third-order valence-corrected chi connectivity index (χ3v) is 5.28. The summed E-state index contributed by atoms with van der Waals surface area (Å²) in [7, 11) is 2.67. The molecule has 27 heavy (non-hydrogen) atoms. The molecule has 0 radical (unpaired) electrons. The maximum absolute atomic E-state index is 13.2. The maximum atomic E-state index is 13.2. The molecule has 0 bridgehead atoms. The van der Waals surface area contributed by atoms with E-state index in [0.29, 0.717) is 17.7 Å². The molecule has 1 fully saturated rings. The van der Waals surface area contributed by atoms with Crippen LogP contribution < -0.4 is 15.4 Å². The highest BCUT2D eigenvalue weighted by Gasteiger charge is 2.61. The van der Waals surface area contributed by atoms with Gasteiger partial charge in [0, 0.05) is 5.56 Å². The summed E-state index contributed by atoms with van der Waals surface area (Å²) in [6.45, 7) is 0. The van der Waals surface area contributed by atoms with Gasteiger partial charge in [0.15, 0.2) is 22.4 Å². The lowest BCUT2D eigenvalue weighted by molar-refractivity contribution is -0.155. The normalized spacial score (nSPS) is 26.9. The summed E-state index contributed by atoms with van der Waals surface area (Å²) < 4.78 is 10.1. The van der Waals surface area contributed by atoms with Crippen molar-refractivity contribution in [3.8, 4) is 11.8 Å². The molecule has 2 aliphatic rings. The van der Waals surface area contributed by atoms with Crippen LogP contribution in [0.2, 0.25) is 0 Å². The summed E-state index contributed by atoms with van der Waals surface area (Å²) in [5.41, 5.74) is -0.671. The van der Waals surface area contributed by atoms with Crippen LogP contribution in [0.1, 0.15) is 22.3 Å². The van der Waals surface area contributed by atoms with Crippen LogP contribution in [-0.4, -0.2) is 42.5 Å². The van der Waals surface area contributed by atoms with Crippen LogP contribution >= 0.6 is 12.2 Å². The van der Waals surface area contributed by atoms with Gasteiger partial charge in [-0.05, 0) is 48.8 Å². The highest BCUT2D eigenvalue weighted by atomic mass is 32.1. The Morgan fingerprint density at radius 2 is 2.11 bits per heavy atom. The number of ether oxygens (including phenoxy) is 2. The van der Waals surface area contributed by atoms with Gasteiger partial charge >= 0.3 is 5.97 Å². The first-order valence-electron chi connectivity index (χ1n) is 8.21. The zero-order valence-electron chi connectivity index (χ0n) is 14.7. The van der Waals surface area contributed by atoms with Gasteiger partial charge in [-0.1, -0.05) is 0 Å². The third-order valence-electron chi connectivity index (χ3n) is 5.07. The van der Waals surface area contributed by atoms with E-state index < -0.39 is 29.3 Å². The van der Waals surface area contributed by atoms with E-state index in [1.54, 1.807) is 18.2 Å². The average Bonchev–Trinajstić information content (AvgIpc) is 2.66. The lowest BCUT2D eigenvalue weighted by Crippen LogP contribution is -2.74. The number of thiocarbonyl (C=S) groups is 1. The van der Waals surface area contributed by atoms with Crippen molar-refractivity contribution in [3.63, 3.8) is 0 Å². The Kier molecular flexibility index (Phi) is 4.85. The van der Waals surface area contributed by atoms with Gasteiger partial charge in [0.1, 0.15) is 5.75 Å². The lowest BCUT2D eigenvalue weighted by atomic mass is 9.65. The largest absolute Gasteiger partial charge is 0.497 e. The van der Waals surface area contributed by atoms with Crippen molar-refractivity contribution in [2.24, 2.45) is 11.8 Å². The number of amides is 1. The molecule has 1 saturated heterocycles. The van der Waals surface area contributed by atoms with Gasteiger partial charge in [-0.3, -0.25) is 9.59 Å². The van der Waals surface area contributed by atoms with Gasteiger partial charge < -0.3 is 20.1 Å². The fourth-order valence-electron chi connectivity index (χ4n) is 3.81. The molecule has 0 saturated carbocycles. The number of nitrogens with one attached hydrogen (secondary N) is 2. The minimum atomic E-state index is -1.88. The topological polar surface area (TPSA) is 118 Å². The van der Waals surface area contributed by atoms with E-state index >= 15 is 0 Å². The van der Waals surface area contributed by atoms with Crippen molar-refractivity contribution in [1.29, 1.82) is 5.26 Å². The molecule has 1 amide bonds. The molecule has 9 heteroatoms. The molecule has 3 atom stereocenters. The van der Waals surface area contributed by atoms with Crippen LogP contribution in [0.4, 0.5) is 0 Å². The molecule has 1 aliphatic heterocycles. The van der Waals surface area contributed by atoms with Gasteiger partial charge in [0.2, 0.25) is 5.91 Å². The summed E-state index contributed by atoms with van der Waals surface area (Å²) in [4.78, 5) is 38.4. The summed E-state index contributed by atoms with van der Waals surface area (Å²) in [6, 6.07) is 6.87. The number of carbonyl (C=O) groups excluding carboxylic acids is 3. The number of rotatable bonds is 3. The van der Waals surface area contributed by atoms with Gasteiger partial charge in [-0.15, -0.1) is 0 Å². The van der Waals surface area contributed by atoms with E-state index in [4.69, 9.17) is 21.7 Å². The second kappa shape index (κ2) is 6.96. The third kappa shape index (κ3) is 2.82. The molecule has 1 aliphatic carbocycles. The summed E-state index contributed by atoms with van der Waals surface area (Å²) in [5, 5.41) is 14.5. The van der Waals surface area contributed by atoms with Gasteiger partial charge in [-0.25, -0.2) is 4.79 Å². The Labute approximate surface area is 160 Å². The van der Waals surface area contributed by atoms with Gasteiger partial charge in [0.25, 0.3) is 0 Å². The molecular weight excluding hydrogens is 370 g/mol. The van der Waals surface area contributed by atoms with E-state index in [1.807, 2.05) is 6.07 Å². The summed E-state index contributed by atoms with van der Waals surface area (Å²) >= 11 is 5.03. The predicted molar refractivity (Wildman–Crippen MR) is 96.9 cm³/mol. The first-order chi connectivity index (χ1) is 12.9. The SMILES string of the molecule is COC(=O)C1(C2CCc3cc(OC)ccc3C2=O)NC(=S)NC(=O)C1C#N. The number of benzene rings is 1. The zero-order valence-corrected chi connectivity index (χ0v) is 15.5. The van der Waals surface area contributed by atoms with E-state index in [9.17, 15) is 19.6 Å². The maximum Gasteiger partial charge on any atom is 0.334 e. The number of esters is 1. The molecule has 8 nitrogen and oxygen atoms in total. The summed E-state index contributed by atoms with van der Waals surface area (Å²) in [6.07, 6.45) is 0.713. The van der Waals surface area contributed by atoms with Crippen molar-refractivity contribution < 1.29 is 23.9 Å². The second-order valence-corrected chi connectivity index (χ2v) is 6.75. The zero-order chi connectivity index (χ0) is 19.8. The molecule has 0 spiro atoms. The van der Waals surface area contributed by atoms with Gasteiger partial charge in [-0.2, -0.15) is 5.26 Å². The minimum Gasteiger partial charge on any atom is -0.497 e. The van der Waals surface area contributed by atoms with Crippen molar-refractivity contribution in [2.75, 3.05) is 14.2 Å². The number of Topliss-reactive ketones (excluding diaryl/α,β-unsaturated/α-hetero) is 1. The number of ketones is 1. The van der Waals surface area contributed by atoms with Crippen LogP contribution in [-0.2, 0) is 20.7 Å². The van der Waals surface area contributed by atoms with Crippen molar-refractivity contribution in [2.45, 2.75) is 18.4 Å². The monoisotopic (exact) mass is 387 g/mol. The van der Waals surface area contributed by atoms with Crippen LogP contribution in [0.25, 0.3) is 0 Å². The van der Waals surface area contributed by atoms with Crippen LogP contribution in [0.5, 0.6) is 5.75 Å². The number of fused-ring (bicyclic) bond motifs is 1. The summed E-state index contributed by atoms with van der Waals surface area (Å²) in [5.74, 6) is -3.80. The van der Waals surface area contributed by atoms with E-state index in [0.717, 1.165) is 12.7 Å².